The van der Waals surface area contributed by atoms with E-state index in [1.165, 1.54) is 12.1 Å². The number of benzene rings is 1. The molecule has 0 heterocycles. The van der Waals surface area contributed by atoms with Crippen LogP contribution in [0.1, 0.15) is 37.0 Å². The number of anilines is 1. The average molecular weight is 299 g/mol. The van der Waals surface area contributed by atoms with Gasteiger partial charge in [0.25, 0.3) is 0 Å². The first-order chi connectivity index (χ1) is 9.40. The highest BCUT2D eigenvalue weighted by atomic mass is 35.5. The average Bonchev–Trinajstić information content (AvgIpc) is 2.36. The highest BCUT2D eigenvalue weighted by molar-refractivity contribution is 6.31. The van der Waals surface area contributed by atoms with E-state index in [-0.39, 0.29) is 17.2 Å². The van der Waals surface area contributed by atoms with Crippen molar-refractivity contribution in [2.45, 2.75) is 32.7 Å². The van der Waals surface area contributed by atoms with E-state index in [4.69, 9.17) is 16.7 Å². The monoisotopic (exact) mass is 298 g/mol. The fourth-order valence-electron chi connectivity index (χ4n) is 1.65. The minimum Gasteiger partial charge on any atom is -0.478 e. The van der Waals surface area contributed by atoms with Crippen molar-refractivity contribution in [2.24, 2.45) is 0 Å². The molecule has 0 aliphatic rings. The van der Waals surface area contributed by atoms with Crippen LogP contribution in [0.5, 0.6) is 0 Å². The van der Waals surface area contributed by atoms with Crippen molar-refractivity contribution in [3.8, 4) is 0 Å². The molecule has 1 rings (SSSR count). The Kier molecular flexibility index (Phi) is 6.48. The summed E-state index contributed by atoms with van der Waals surface area (Å²) in [6.45, 7) is 4.82. The highest BCUT2D eigenvalue weighted by Crippen LogP contribution is 2.21. The lowest BCUT2D eigenvalue weighted by molar-refractivity contribution is -0.116. The van der Waals surface area contributed by atoms with E-state index >= 15 is 0 Å². The van der Waals surface area contributed by atoms with Crippen molar-refractivity contribution in [1.29, 1.82) is 0 Å². The zero-order valence-corrected chi connectivity index (χ0v) is 12.3. The zero-order chi connectivity index (χ0) is 15.1. The van der Waals surface area contributed by atoms with Crippen LogP contribution < -0.4 is 10.6 Å². The van der Waals surface area contributed by atoms with Gasteiger partial charge in [0.1, 0.15) is 0 Å². The number of hydrogen-bond donors (Lipinski definition) is 3. The molecule has 0 aromatic heterocycles. The van der Waals surface area contributed by atoms with Gasteiger partial charge in [0, 0.05) is 17.5 Å². The number of nitrogens with one attached hydrogen (secondary N) is 2. The molecule has 0 aliphatic carbocycles. The van der Waals surface area contributed by atoms with E-state index in [1.807, 2.05) is 13.8 Å². The molecular weight excluding hydrogens is 280 g/mol. The third-order valence-corrected chi connectivity index (χ3v) is 2.85. The van der Waals surface area contributed by atoms with Crippen molar-refractivity contribution >= 4 is 29.2 Å². The summed E-state index contributed by atoms with van der Waals surface area (Å²) < 4.78 is 0. The molecule has 0 aliphatic heterocycles. The molecule has 1 aromatic rings. The van der Waals surface area contributed by atoms with E-state index < -0.39 is 5.97 Å². The van der Waals surface area contributed by atoms with Gasteiger partial charge in [-0.05, 0) is 31.2 Å². The van der Waals surface area contributed by atoms with E-state index in [9.17, 15) is 9.59 Å². The Bertz CT molecular complexity index is 489. The Hall–Kier alpha value is -1.59. The molecule has 0 bridgehead atoms. The van der Waals surface area contributed by atoms with Crippen LogP contribution in [0.25, 0.3) is 0 Å². The van der Waals surface area contributed by atoms with Gasteiger partial charge in [0.05, 0.1) is 11.3 Å². The zero-order valence-electron chi connectivity index (χ0n) is 11.6. The first-order valence-electron chi connectivity index (χ1n) is 6.46. The summed E-state index contributed by atoms with van der Waals surface area (Å²) in [5.74, 6) is -1.33. The van der Waals surface area contributed by atoms with Gasteiger partial charge in [-0.1, -0.05) is 25.4 Å². The number of carboxylic acids is 1. The van der Waals surface area contributed by atoms with Crippen LogP contribution in [0.3, 0.4) is 0 Å². The normalized spacial score (nSPS) is 10.6. The molecule has 20 heavy (non-hydrogen) atoms. The van der Waals surface area contributed by atoms with Gasteiger partial charge in [-0.25, -0.2) is 4.79 Å². The SMILES string of the molecule is CC(C)NCCCC(=O)Nc1ccc(Cl)cc1C(=O)O. The third kappa shape index (κ3) is 5.59. The lowest BCUT2D eigenvalue weighted by Crippen LogP contribution is -2.25. The quantitative estimate of drug-likeness (QED) is 0.676. The second kappa shape index (κ2) is 7.87. The van der Waals surface area contributed by atoms with Crippen molar-refractivity contribution in [3.05, 3.63) is 28.8 Å². The van der Waals surface area contributed by atoms with E-state index in [0.29, 0.717) is 23.9 Å². The summed E-state index contributed by atoms with van der Waals surface area (Å²) in [4.78, 5) is 22.8. The first kappa shape index (κ1) is 16.5. The lowest BCUT2D eigenvalue weighted by Gasteiger charge is -2.10. The minimum atomic E-state index is -1.12. The fourth-order valence-corrected chi connectivity index (χ4v) is 1.83. The van der Waals surface area contributed by atoms with Crippen LogP contribution in [0.2, 0.25) is 5.02 Å². The molecule has 3 N–H and O–H groups in total. The molecule has 0 saturated carbocycles. The predicted molar refractivity (Wildman–Crippen MR) is 79.4 cm³/mol. The Morgan fingerprint density at radius 2 is 2.05 bits per heavy atom. The maximum absolute atomic E-state index is 11.8. The largest absolute Gasteiger partial charge is 0.478 e. The standard InChI is InChI=1S/C14H19ClN2O3/c1-9(2)16-7-3-4-13(18)17-12-6-5-10(15)8-11(12)14(19)20/h5-6,8-9,16H,3-4,7H2,1-2H3,(H,17,18)(H,19,20). The number of halogens is 1. The number of carboxylic acid groups (broad SMARTS) is 1. The van der Waals surface area contributed by atoms with Crippen molar-refractivity contribution < 1.29 is 14.7 Å². The minimum absolute atomic E-state index is 0.00819. The molecule has 5 nitrogen and oxygen atoms in total. The second-order valence-electron chi connectivity index (χ2n) is 4.76. The second-order valence-corrected chi connectivity index (χ2v) is 5.19. The van der Waals surface area contributed by atoms with Crippen LogP contribution in [-0.4, -0.2) is 29.6 Å². The van der Waals surface area contributed by atoms with Gasteiger partial charge < -0.3 is 15.7 Å². The molecule has 0 fully saturated rings. The van der Waals surface area contributed by atoms with E-state index in [0.717, 1.165) is 6.54 Å². The number of carbonyl (C=O) groups excluding carboxylic acids is 1. The number of amides is 1. The van der Waals surface area contributed by atoms with Crippen LogP contribution in [0.15, 0.2) is 18.2 Å². The summed E-state index contributed by atoms with van der Waals surface area (Å²) in [5, 5.41) is 15.2. The molecule has 110 valence electrons. The molecule has 1 amide bonds. The number of carbonyl (C=O) groups is 2. The van der Waals surface area contributed by atoms with Gasteiger partial charge in [0.2, 0.25) is 5.91 Å². The molecule has 0 unspecified atom stereocenters. The van der Waals surface area contributed by atoms with Gasteiger partial charge in [-0.3, -0.25) is 4.79 Å². The summed E-state index contributed by atoms with van der Waals surface area (Å²) in [6.07, 6.45) is 1.03. The summed E-state index contributed by atoms with van der Waals surface area (Å²) in [7, 11) is 0. The van der Waals surface area contributed by atoms with Crippen molar-refractivity contribution in [1.82, 2.24) is 5.32 Å². The Balaban J connectivity index is 2.55. The topological polar surface area (TPSA) is 78.4 Å². The Labute approximate surface area is 123 Å². The van der Waals surface area contributed by atoms with E-state index in [1.54, 1.807) is 6.07 Å². The van der Waals surface area contributed by atoms with Crippen LogP contribution in [0, 0.1) is 0 Å². The lowest BCUT2D eigenvalue weighted by atomic mass is 10.1. The smallest absolute Gasteiger partial charge is 0.337 e. The summed E-state index contributed by atoms with van der Waals surface area (Å²) >= 11 is 5.75. The molecule has 0 saturated heterocycles. The van der Waals surface area contributed by atoms with Gasteiger partial charge in [-0.15, -0.1) is 0 Å². The van der Waals surface area contributed by atoms with Crippen molar-refractivity contribution in [2.75, 3.05) is 11.9 Å². The highest BCUT2D eigenvalue weighted by Gasteiger charge is 2.12. The number of rotatable bonds is 7. The third-order valence-electron chi connectivity index (χ3n) is 2.62. The first-order valence-corrected chi connectivity index (χ1v) is 6.84. The molecule has 0 radical (unpaired) electrons. The van der Waals surface area contributed by atoms with Crippen molar-refractivity contribution in [3.63, 3.8) is 0 Å². The Morgan fingerprint density at radius 3 is 2.65 bits per heavy atom. The van der Waals surface area contributed by atoms with Crippen LogP contribution >= 0.6 is 11.6 Å². The van der Waals surface area contributed by atoms with Gasteiger partial charge in [0.15, 0.2) is 0 Å². The maximum atomic E-state index is 11.8. The fraction of sp³-hybridized carbons (Fsp3) is 0.429. The molecule has 1 aromatic carbocycles. The molecular formula is C14H19ClN2O3. The Morgan fingerprint density at radius 1 is 1.35 bits per heavy atom. The molecule has 0 atom stereocenters. The molecule has 0 spiro atoms. The van der Waals surface area contributed by atoms with Crippen LogP contribution in [0.4, 0.5) is 5.69 Å². The van der Waals surface area contributed by atoms with Gasteiger partial charge >= 0.3 is 5.97 Å². The van der Waals surface area contributed by atoms with Gasteiger partial charge in [-0.2, -0.15) is 0 Å². The van der Waals surface area contributed by atoms with E-state index in [2.05, 4.69) is 10.6 Å². The summed E-state index contributed by atoms with van der Waals surface area (Å²) in [5.41, 5.74) is 0.259. The van der Waals surface area contributed by atoms with Crippen LogP contribution in [-0.2, 0) is 4.79 Å². The predicted octanol–water partition coefficient (Wildman–Crippen LogP) is 2.75. The summed E-state index contributed by atoms with van der Waals surface area (Å²) in [6, 6.07) is 4.74. The number of aromatic carboxylic acids is 1. The maximum Gasteiger partial charge on any atom is 0.337 e. The number of hydrogen-bond acceptors (Lipinski definition) is 3. The molecule has 6 heteroatoms.